The van der Waals surface area contributed by atoms with Gasteiger partial charge in [-0.25, -0.2) is 13.4 Å². The Bertz CT molecular complexity index is 832. The first kappa shape index (κ1) is 15.5. The van der Waals surface area contributed by atoms with E-state index in [1.54, 1.807) is 17.4 Å². The Kier molecular flexibility index (Phi) is 3.96. The van der Waals surface area contributed by atoms with Gasteiger partial charge in [0.15, 0.2) is 0 Å². The fraction of sp³-hybridized carbons (Fsp3) is 0.286. The molecule has 1 saturated heterocycles. The van der Waals surface area contributed by atoms with Crippen molar-refractivity contribution >= 4 is 42.7 Å². The maximum atomic E-state index is 12.1. The summed E-state index contributed by atoms with van der Waals surface area (Å²) >= 11 is 1.55. The smallest absolute Gasteiger partial charge is 0.237 e. The summed E-state index contributed by atoms with van der Waals surface area (Å²) in [5.41, 5.74) is 2.40. The van der Waals surface area contributed by atoms with Crippen molar-refractivity contribution in [1.29, 1.82) is 0 Å². The molecular formula is C14H13ClN2O3S2. The Morgan fingerprint density at radius 3 is 2.77 bits per heavy atom. The van der Waals surface area contributed by atoms with Crippen LogP contribution in [0.1, 0.15) is 11.4 Å². The Labute approximate surface area is 137 Å². The van der Waals surface area contributed by atoms with E-state index in [0.29, 0.717) is 5.69 Å². The fourth-order valence-corrected chi connectivity index (χ4v) is 4.09. The number of halogens is 1. The van der Waals surface area contributed by atoms with Crippen LogP contribution in [0.15, 0.2) is 29.6 Å². The molecule has 1 unspecified atom stereocenters. The molecular weight excluding hydrogens is 344 g/mol. The van der Waals surface area contributed by atoms with E-state index in [4.69, 9.17) is 10.7 Å². The first-order valence-electron chi connectivity index (χ1n) is 6.61. The van der Waals surface area contributed by atoms with E-state index in [1.807, 2.05) is 30.5 Å². The molecule has 1 atom stereocenters. The second-order valence-corrected chi connectivity index (χ2v) is 9.08. The molecule has 1 aliphatic rings. The second kappa shape index (κ2) is 5.64. The van der Waals surface area contributed by atoms with Crippen LogP contribution in [-0.2, 0) is 13.8 Å². The number of aromatic nitrogens is 1. The highest BCUT2D eigenvalue weighted by atomic mass is 35.7. The van der Waals surface area contributed by atoms with Crippen molar-refractivity contribution in [1.82, 2.24) is 4.98 Å². The van der Waals surface area contributed by atoms with Gasteiger partial charge in [-0.2, -0.15) is 0 Å². The lowest BCUT2D eigenvalue weighted by molar-refractivity contribution is -0.117. The molecule has 0 aliphatic carbocycles. The summed E-state index contributed by atoms with van der Waals surface area (Å²) in [7, 11) is 1.64. The van der Waals surface area contributed by atoms with Crippen molar-refractivity contribution in [2.75, 3.05) is 11.4 Å². The molecule has 1 aromatic carbocycles. The maximum absolute atomic E-state index is 12.1. The zero-order valence-electron chi connectivity index (χ0n) is 11.7. The highest BCUT2D eigenvalue weighted by Crippen LogP contribution is 2.30. The van der Waals surface area contributed by atoms with Gasteiger partial charge in [0.1, 0.15) is 5.25 Å². The zero-order chi connectivity index (χ0) is 15.9. The quantitative estimate of drug-likeness (QED) is 0.793. The Balaban J connectivity index is 1.91. The van der Waals surface area contributed by atoms with Crippen LogP contribution >= 0.6 is 22.0 Å². The van der Waals surface area contributed by atoms with Crippen LogP contribution in [0.3, 0.4) is 0 Å². The number of hydrogen-bond donors (Lipinski definition) is 0. The largest absolute Gasteiger partial charge is 0.311 e. The van der Waals surface area contributed by atoms with Gasteiger partial charge in [-0.3, -0.25) is 4.79 Å². The summed E-state index contributed by atoms with van der Waals surface area (Å²) in [6.45, 7) is 2.02. The van der Waals surface area contributed by atoms with Crippen LogP contribution in [0, 0.1) is 6.92 Å². The number of anilines is 1. The van der Waals surface area contributed by atoms with Gasteiger partial charge in [0.25, 0.3) is 0 Å². The molecule has 1 aromatic heterocycles. The summed E-state index contributed by atoms with van der Waals surface area (Å²) in [5, 5.41) is 2.06. The van der Waals surface area contributed by atoms with Crippen LogP contribution in [0.2, 0.25) is 0 Å². The summed E-state index contributed by atoms with van der Waals surface area (Å²) in [6.07, 6.45) is -0.0775. The number of carbonyl (C=O) groups is 1. The number of thiazole rings is 1. The minimum absolute atomic E-state index is 0.0775. The lowest BCUT2D eigenvalue weighted by Gasteiger charge is -2.16. The van der Waals surface area contributed by atoms with Gasteiger partial charge >= 0.3 is 0 Å². The summed E-state index contributed by atoms with van der Waals surface area (Å²) in [5.74, 6) is -0.235. The lowest BCUT2D eigenvalue weighted by atomic mass is 10.1. The average molecular weight is 357 g/mol. The van der Waals surface area contributed by atoms with Crippen LogP contribution in [0.4, 0.5) is 5.69 Å². The van der Waals surface area contributed by atoms with Crippen LogP contribution in [0.5, 0.6) is 0 Å². The highest BCUT2D eigenvalue weighted by Gasteiger charge is 2.38. The molecule has 116 valence electrons. The van der Waals surface area contributed by atoms with Gasteiger partial charge in [-0.05, 0) is 19.1 Å². The molecule has 1 aliphatic heterocycles. The third-order valence-electron chi connectivity index (χ3n) is 3.56. The fourth-order valence-electron chi connectivity index (χ4n) is 2.44. The molecule has 2 heterocycles. The molecule has 0 saturated carbocycles. The van der Waals surface area contributed by atoms with Gasteiger partial charge in [0.2, 0.25) is 15.0 Å². The standard InChI is InChI=1S/C14H13ClN2O3S2/c1-9-16-13(8-21-9)10-3-2-4-11(5-10)17-7-12(6-14(17)18)22(15,19)20/h2-5,8,12H,6-7H2,1H3. The van der Waals surface area contributed by atoms with Gasteiger partial charge in [-0.15, -0.1) is 11.3 Å². The Morgan fingerprint density at radius 1 is 1.41 bits per heavy atom. The van der Waals surface area contributed by atoms with Crippen LogP contribution in [0.25, 0.3) is 11.3 Å². The summed E-state index contributed by atoms with van der Waals surface area (Å²) in [6, 6.07) is 7.36. The van der Waals surface area contributed by atoms with E-state index >= 15 is 0 Å². The van der Waals surface area contributed by atoms with Gasteiger partial charge in [0.05, 0.1) is 10.7 Å². The third-order valence-corrected chi connectivity index (χ3v) is 6.20. The van der Waals surface area contributed by atoms with Crippen molar-refractivity contribution in [2.24, 2.45) is 0 Å². The SMILES string of the molecule is Cc1nc(-c2cccc(N3CC(S(=O)(=O)Cl)CC3=O)c2)cs1. The first-order chi connectivity index (χ1) is 10.3. The molecule has 0 spiro atoms. The second-order valence-electron chi connectivity index (χ2n) is 5.11. The number of rotatable bonds is 3. The Morgan fingerprint density at radius 2 is 2.18 bits per heavy atom. The van der Waals surface area contributed by atoms with Crippen molar-refractivity contribution in [2.45, 2.75) is 18.6 Å². The van der Waals surface area contributed by atoms with E-state index in [0.717, 1.165) is 16.3 Å². The normalized spacial score (nSPS) is 18.9. The van der Waals surface area contributed by atoms with Gasteiger partial charge in [-0.1, -0.05) is 12.1 Å². The number of nitrogens with zero attached hydrogens (tertiary/aromatic N) is 2. The molecule has 22 heavy (non-hydrogen) atoms. The van der Waals surface area contributed by atoms with Crippen molar-refractivity contribution < 1.29 is 13.2 Å². The van der Waals surface area contributed by atoms with Crippen molar-refractivity contribution in [3.8, 4) is 11.3 Å². The van der Waals surface area contributed by atoms with E-state index in [-0.39, 0.29) is 18.9 Å². The number of benzene rings is 1. The van der Waals surface area contributed by atoms with Crippen molar-refractivity contribution in [3.63, 3.8) is 0 Å². The zero-order valence-corrected chi connectivity index (χ0v) is 14.1. The van der Waals surface area contributed by atoms with Gasteiger partial charge < -0.3 is 4.90 Å². The molecule has 5 nitrogen and oxygen atoms in total. The first-order valence-corrected chi connectivity index (χ1v) is 9.86. The predicted molar refractivity (Wildman–Crippen MR) is 87.8 cm³/mol. The van der Waals surface area contributed by atoms with E-state index in [1.165, 1.54) is 4.90 Å². The predicted octanol–water partition coefficient (Wildman–Crippen LogP) is 2.79. The van der Waals surface area contributed by atoms with Crippen molar-refractivity contribution in [3.05, 3.63) is 34.7 Å². The Hall–Kier alpha value is -1.44. The van der Waals surface area contributed by atoms with E-state index < -0.39 is 14.3 Å². The summed E-state index contributed by atoms with van der Waals surface area (Å²) < 4.78 is 22.9. The van der Waals surface area contributed by atoms with E-state index in [9.17, 15) is 13.2 Å². The lowest BCUT2D eigenvalue weighted by Crippen LogP contribution is -2.26. The number of aryl methyl sites for hydroxylation is 1. The summed E-state index contributed by atoms with van der Waals surface area (Å²) in [4.78, 5) is 18.0. The molecule has 8 heteroatoms. The molecule has 1 fully saturated rings. The molecule has 0 radical (unpaired) electrons. The molecule has 1 amide bonds. The highest BCUT2D eigenvalue weighted by molar-refractivity contribution is 8.14. The van der Waals surface area contributed by atoms with E-state index in [2.05, 4.69) is 4.98 Å². The molecule has 0 bridgehead atoms. The number of hydrogen-bond acceptors (Lipinski definition) is 5. The molecule has 2 aromatic rings. The average Bonchev–Trinajstić information content (AvgIpc) is 3.05. The minimum atomic E-state index is -3.74. The number of amides is 1. The van der Waals surface area contributed by atoms with Crippen LogP contribution in [-0.4, -0.2) is 31.1 Å². The minimum Gasteiger partial charge on any atom is -0.311 e. The topological polar surface area (TPSA) is 67.3 Å². The molecule has 0 N–H and O–H groups in total. The van der Waals surface area contributed by atoms with Gasteiger partial charge in [0, 0.05) is 40.3 Å². The third kappa shape index (κ3) is 3.02. The number of carbonyl (C=O) groups excluding carboxylic acids is 1. The van der Waals surface area contributed by atoms with Crippen LogP contribution < -0.4 is 4.90 Å². The molecule has 3 rings (SSSR count). The monoisotopic (exact) mass is 356 g/mol. The maximum Gasteiger partial charge on any atom is 0.237 e.